The average molecular weight is 391 g/mol. The van der Waals surface area contributed by atoms with E-state index in [-0.39, 0.29) is 24.7 Å². The molecule has 3 heterocycles. The molecule has 3 N–H and O–H groups in total. The Morgan fingerprint density at radius 1 is 1.48 bits per heavy atom. The largest absolute Gasteiger partial charge is 0.505 e. The average Bonchev–Trinajstić information content (AvgIpc) is 3.14. The van der Waals surface area contributed by atoms with Gasteiger partial charge in [0.25, 0.3) is 0 Å². The zero-order chi connectivity index (χ0) is 19.2. The SMILES string of the molecule is Cc1ncc(CO)c(/C=N/NC(=O)Cc2csc(N3CCOCC3)n2)c1O. The van der Waals surface area contributed by atoms with Crippen molar-refractivity contribution in [2.24, 2.45) is 5.10 Å². The van der Waals surface area contributed by atoms with E-state index in [1.807, 2.05) is 5.38 Å². The number of carbonyl (C=O) groups excluding carboxylic acids is 1. The molecule has 0 aliphatic carbocycles. The summed E-state index contributed by atoms with van der Waals surface area (Å²) in [6, 6.07) is 0. The van der Waals surface area contributed by atoms with Gasteiger partial charge in [-0.05, 0) is 6.92 Å². The molecule has 1 saturated heterocycles. The van der Waals surface area contributed by atoms with Crippen molar-refractivity contribution in [2.75, 3.05) is 31.2 Å². The summed E-state index contributed by atoms with van der Waals surface area (Å²) in [5.74, 6) is -0.393. The normalized spacial score (nSPS) is 14.7. The van der Waals surface area contributed by atoms with Crippen LogP contribution in [0.5, 0.6) is 5.75 Å². The van der Waals surface area contributed by atoms with Gasteiger partial charge in [-0.25, -0.2) is 10.4 Å². The van der Waals surface area contributed by atoms with Gasteiger partial charge >= 0.3 is 0 Å². The molecule has 0 atom stereocenters. The topological polar surface area (TPSA) is 120 Å². The number of aliphatic hydroxyl groups excluding tert-OH is 1. The Balaban J connectivity index is 1.58. The number of aliphatic hydroxyl groups is 1. The molecule has 0 radical (unpaired) electrons. The number of thiazole rings is 1. The van der Waals surface area contributed by atoms with Crippen molar-refractivity contribution in [3.8, 4) is 5.75 Å². The highest BCUT2D eigenvalue weighted by Crippen LogP contribution is 2.22. The number of anilines is 1. The number of aromatic nitrogens is 2. The Morgan fingerprint density at radius 2 is 2.26 bits per heavy atom. The third-order valence-electron chi connectivity index (χ3n) is 4.07. The molecular weight excluding hydrogens is 370 g/mol. The summed E-state index contributed by atoms with van der Waals surface area (Å²) in [7, 11) is 0. The van der Waals surface area contributed by atoms with Crippen LogP contribution in [0.2, 0.25) is 0 Å². The number of nitrogens with zero attached hydrogens (tertiary/aromatic N) is 4. The van der Waals surface area contributed by atoms with E-state index in [2.05, 4.69) is 25.4 Å². The van der Waals surface area contributed by atoms with E-state index in [4.69, 9.17) is 4.74 Å². The Bertz CT molecular complexity index is 833. The number of morpholine rings is 1. The maximum absolute atomic E-state index is 12.1. The quantitative estimate of drug-likeness (QED) is 0.486. The molecule has 10 heteroatoms. The van der Waals surface area contributed by atoms with Crippen LogP contribution >= 0.6 is 11.3 Å². The third kappa shape index (κ3) is 4.79. The fourth-order valence-electron chi connectivity index (χ4n) is 2.57. The van der Waals surface area contributed by atoms with E-state index in [1.165, 1.54) is 23.7 Å². The lowest BCUT2D eigenvalue weighted by Crippen LogP contribution is -2.36. The molecule has 27 heavy (non-hydrogen) atoms. The minimum absolute atomic E-state index is 0.0748. The first-order valence-corrected chi connectivity index (χ1v) is 9.33. The number of hydrogen-bond donors (Lipinski definition) is 3. The molecule has 1 fully saturated rings. The Morgan fingerprint density at radius 3 is 3.00 bits per heavy atom. The molecule has 2 aromatic rings. The highest BCUT2D eigenvalue weighted by molar-refractivity contribution is 7.13. The summed E-state index contributed by atoms with van der Waals surface area (Å²) in [6.07, 6.45) is 2.86. The van der Waals surface area contributed by atoms with Gasteiger partial charge in [-0.15, -0.1) is 11.3 Å². The minimum atomic E-state index is -0.319. The fraction of sp³-hybridized carbons (Fsp3) is 0.412. The number of nitrogens with one attached hydrogen (secondary N) is 1. The van der Waals surface area contributed by atoms with Crippen LogP contribution in [-0.4, -0.2) is 58.6 Å². The summed E-state index contributed by atoms with van der Waals surface area (Å²) in [4.78, 5) is 22.7. The first-order valence-electron chi connectivity index (χ1n) is 8.45. The van der Waals surface area contributed by atoms with Crippen molar-refractivity contribution < 1.29 is 19.7 Å². The van der Waals surface area contributed by atoms with Gasteiger partial charge < -0.3 is 19.8 Å². The standard InChI is InChI=1S/C17H21N5O4S/c1-11-16(25)14(12(9-23)7-18-11)8-19-21-15(24)6-13-10-27-17(20-13)22-2-4-26-5-3-22/h7-8,10,23,25H,2-6,9H2,1H3,(H,21,24)/b19-8+. The summed E-state index contributed by atoms with van der Waals surface area (Å²) >= 11 is 1.50. The molecule has 1 aliphatic heterocycles. The number of hydrogen-bond acceptors (Lipinski definition) is 9. The molecule has 0 unspecified atom stereocenters. The number of rotatable bonds is 6. The Hall–Kier alpha value is -2.56. The third-order valence-corrected chi connectivity index (χ3v) is 5.02. The summed E-state index contributed by atoms with van der Waals surface area (Å²) in [5, 5.41) is 26.0. The molecule has 9 nitrogen and oxygen atoms in total. The summed E-state index contributed by atoms with van der Waals surface area (Å²) in [5.41, 5.74) is 4.25. The van der Waals surface area contributed by atoms with Gasteiger partial charge in [0.1, 0.15) is 5.75 Å². The molecule has 0 bridgehead atoms. The molecule has 1 aliphatic rings. The van der Waals surface area contributed by atoms with Crippen molar-refractivity contribution in [3.05, 3.63) is 34.1 Å². The first-order chi connectivity index (χ1) is 13.1. The number of aromatic hydroxyl groups is 1. The molecule has 0 saturated carbocycles. The second kappa shape index (κ2) is 8.89. The van der Waals surface area contributed by atoms with Crippen molar-refractivity contribution in [3.63, 3.8) is 0 Å². The zero-order valence-corrected chi connectivity index (χ0v) is 15.7. The van der Waals surface area contributed by atoms with Gasteiger partial charge in [-0.2, -0.15) is 5.10 Å². The van der Waals surface area contributed by atoms with E-state index in [0.29, 0.717) is 35.7 Å². The molecule has 0 aromatic carbocycles. The zero-order valence-electron chi connectivity index (χ0n) is 14.9. The number of pyridine rings is 1. The second-order valence-corrected chi connectivity index (χ2v) is 6.82. The fourth-order valence-corrected chi connectivity index (χ4v) is 3.45. The van der Waals surface area contributed by atoms with Crippen molar-refractivity contribution in [1.82, 2.24) is 15.4 Å². The monoisotopic (exact) mass is 391 g/mol. The van der Waals surface area contributed by atoms with Gasteiger partial charge in [0, 0.05) is 35.8 Å². The van der Waals surface area contributed by atoms with E-state index >= 15 is 0 Å². The van der Waals surface area contributed by atoms with Crippen LogP contribution in [0.1, 0.15) is 22.5 Å². The number of hydrazone groups is 1. The van der Waals surface area contributed by atoms with Crippen molar-refractivity contribution in [2.45, 2.75) is 20.0 Å². The van der Waals surface area contributed by atoms with E-state index in [9.17, 15) is 15.0 Å². The van der Waals surface area contributed by atoms with Crippen LogP contribution in [0.3, 0.4) is 0 Å². The lowest BCUT2D eigenvalue weighted by Gasteiger charge is -2.26. The number of aryl methyl sites for hydroxylation is 1. The maximum atomic E-state index is 12.1. The number of ether oxygens (including phenoxy) is 1. The van der Waals surface area contributed by atoms with Gasteiger partial charge in [-0.3, -0.25) is 9.78 Å². The minimum Gasteiger partial charge on any atom is -0.505 e. The van der Waals surface area contributed by atoms with Crippen LogP contribution in [-0.2, 0) is 22.6 Å². The smallest absolute Gasteiger partial charge is 0.246 e. The van der Waals surface area contributed by atoms with Gasteiger partial charge in [0.2, 0.25) is 5.91 Å². The predicted octanol–water partition coefficient (Wildman–Crippen LogP) is 0.574. The lowest BCUT2D eigenvalue weighted by molar-refractivity contribution is -0.120. The molecule has 1 amide bonds. The highest BCUT2D eigenvalue weighted by Gasteiger charge is 2.16. The van der Waals surface area contributed by atoms with Crippen LogP contribution in [0.4, 0.5) is 5.13 Å². The van der Waals surface area contributed by atoms with Crippen molar-refractivity contribution in [1.29, 1.82) is 0 Å². The number of amides is 1. The Kier molecular flexibility index (Phi) is 6.32. The molecule has 3 rings (SSSR count). The predicted molar refractivity (Wildman–Crippen MR) is 101 cm³/mol. The molecular formula is C17H21N5O4S. The maximum Gasteiger partial charge on any atom is 0.246 e. The summed E-state index contributed by atoms with van der Waals surface area (Å²) in [6.45, 7) is 4.31. The Labute approximate surface area is 160 Å². The van der Waals surface area contributed by atoms with Crippen LogP contribution in [0.25, 0.3) is 0 Å². The van der Waals surface area contributed by atoms with E-state index in [0.717, 1.165) is 18.2 Å². The summed E-state index contributed by atoms with van der Waals surface area (Å²) < 4.78 is 5.32. The van der Waals surface area contributed by atoms with E-state index in [1.54, 1.807) is 6.92 Å². The molecule has 144 valence electrons. The molecule has 0 spiro atoms. The number of carbonyl (C=O) groups is 1. The van der Waals surface area contributed by atoms with Crippen LogP contribution in [0.15, 0.2) is 16.7 Å². The lowest BCUT2D eigenvalue weighted by atomic mass is 10.1. The van der Waals surface area contributed by atoms with Gasteiger partial charge in [0.05, 0.1) is 43.8 Å². The van der Waals surface area contributed by atoms with Gasteiger partial charge in [-0.1, -0.05) is 0 Å². The first kappa shape index (κ1) is 19.2. The second-order valence-electron chi connectivity index (χ2n) is 5.98. The van der Waals surface area contributed by atoms with Crippen molar-refractivity contribution >= 4 is 28.6 Å². The van der Waals surface area contributed by atoms with Crippen LogP contribution < -0.4 is 10.3 Å². The highest BCUT2D eigenvalue weighted by atomic mass is 32.1. The van der Waals surface area contributed by atoms with Crippen LogP contribution in [0, 0.1) is 6.92 Å². The molecule has 2 aromatic heterocycles. The van der Waals surface area contributed by atoms with E-state index < -0.39 is 0 Å². The van der Waals surface area contributed by atoms with Gasteiger partial charge in [0.15, 0.2) is 5.13 Å².